The Morgan fingerprint density at radius 2 is 1.64 bits per heavy atom. The van der Waals surface area contributed by atoms with E-state index < -0.39 is 10.0 Å². The number of nitrogens with one attached hydrogen (secondary N) is 1. The zero-order valence-corrected chi connectivity index (χ0v) is 15.0. The van der Waals surface area contributed by atoms with Gasteiger partial charge in [-0.1, -0.05) is 6.92 Å². The quantitative estimate of drug-likeness (QED) is 0.556. The van der Waals surface area contributed by atoms with Crippen LogP contribution in [0.15, 0.2) is 53.4 Å². The van der Waals surface area contributed by atoms with Gasteiger partial charge in [-0.2, -0.15) is 0 Å². The maximum Gasteiger partial charge on any atom is 0.261 e. The zero-order chi connectivity index (χ0) is 16.2. The minimum atomic E-state index is -3.61. The van der Waals surface area contributed by atoms with Crippen molar-refractivity contribution in [1.82, 2.24) is 0 Å². The van der Waals surface area contributed by atoms with E-state index in [1.54, 1.807) is 48.5 Å². The maximum absolute atomic E-state index is 12.3. The standard InChI is InChI=1S/C16H16INO3S/c1-2-3-16(19)12-4-8-14(9-5-12)18-22(20,21)15-10-6-13(17)7-11-15/h4-11,18H,2-3H2,1H3. The van der Waals surface area contributed by atoms with E-state index in [9.17, 15) is 13.2 Å². The van der Waals surface area contributed by atoms with Crippen LogP contribution in [0.25, 0.3) is 0 Å². The fourth-order valence-electron chi connectivity index (χ4n) is 1.92. The minimum Gasteiger partial charge on any atom is -0.294 e. The summed E-state index contributed by atoms with van der Waals surface area (Å²) in [4.78, 5) is 12.0. The van der Waals surface area contributed by atoms with E-state index >= 15 is 0 Å². The predicted octanol–water partition coefficient (Wildman–Crippen LogP) is 4.07. The van der Waals surface area contributed by atoms with Gasteiger partial charge in [0.15, 0.2) is 5.78 Å². The third-order valence-electron chi connectivity index (χ3n) is 3.06. The Hall–Kier alpha value is -1.41. The van der Waals surface area contributed by atoms with Gasteiger partial charge in [0, 0.05) is 21.2 Å². The normalized spacial score (nSPS) is 11.2. The summed E-state index contributed by atoms with van der Waals surface area (Å²) in [6.45, 7) is 1.95. The third-order valence-corrected chi connectivity index (χ3v) is 5.18. The van der Waals surface area contributed by atoms with Crippen LogP contribution in [0.5, 0.6) is 0 Å². The predicted molar refractivity (Wildman–Crippen MR) is 95.6 cm³/mol. The number of hydrogen-bond acceptors (Lipinski definition) is 3. The molecule has 1 N–H and O–H groups in total. The van der Waals surface area contributed by atoms with Crippen molar-refractivity contribution in [2.24, 2.45) is 0 Å². The Kier molecular flexibility index (Phi) is 5.57. The van der Waals surface area contributed by atoms with Gasteiger partial charge in [-0.3, -0.25) is 9.52 Å². The molecular weight excluding hydrogens is 413 g/mol. The summed E-state index contributed by atoms with van der Waals surface area (Å²) in [6.07, 6.45) is 1.29. The van der Waals surface area contributed by atoms with Crippen LogP contribution in [0.4, 0.5) is 5.69 Å². The van der Waals surface area contributed by atoms with Crippen molar-refractivity contribution in [2.75, 3.05) is 4.72 Å². The molecule has 4 nitrogen and oxygen atoms in total. The summed E-state index contributed by atoms with van der Waals surface area (Å²) in [6, 6.07) is 13.1. The first kappa shape index (κ1) is 17.0. The van der Waals surface area contributed by atoms with Gasteiger partial charge >= 0.3 is 0 Å². The lowest BCUT2D eigenvalue weighted by Crippen LogP contribution is -2.13. The van der Waals surface area contributed by atoms with Crippen LogP contribution in [0.2, 0.25) is 0 Å². The van der Waals surface area contributed by atoms with Crippen LogP contribution in [0, 0.1) is 3.57 Å². The first-order chi connectivity index (χ1) is 10.4. The van der Waals surface area contributed by atoms with Gasteiger partial charge in [-0.05, 0) is 77.5 Å². The lowest BCUT2D eigenvalue weighted by molar-refractivity contribution is 0.0982. The zero-order valence-electron chi connectivity index (χ0n) is 12.0. The number of hydrogen-bond donors (Lipinski definition) is 1. The van der Waals surface area contributed by atoms with Gasteiger partial charge in [-0.25, -0.2) is 8.42 Å². The Morgan fingerprint density at radius 3 is 2.18 bits per heavy atom. The summed E-state index contributed by atoms with van der Waals surface area (Å²) in [5, 5.41) is 0. The van der Waals surface area contributed by atoms with E-state index in [1.165, 1.54) is 0 Å². The van der Waals surface area contributed by atoms with E-state index in [2.05, 4.69) is 27.3 Å². The van der Waals surface area contributed by atoms with Crippen LogP contribution < -0.4 is 4.72 Å². The second kappa shape index (κ2) is 7.23. The molecule has 2 aromatic carbocycles. The number of rotatable bonds is 6. The molecule has 22 heavy (non-hydrogen) atoms. The van der Waals surface area contributed by atoms with Gasteiger partial charge in [0.05, 0.1) is 4.90 Å². The lowest BCUT2D eigenvalue weighted by atomic mass is 10.1. The van der Waals surface area contributed by atoms with Crippen LogP contribution in [0.1, 0.15) is 30.1 Å². The van der Waals surface area contributed by atoms with Crippen LogP contribution in [-0.2, 0) is 10.0 Å². The van der Waals surface area contributed by atoms with Crippen LogP contribution in [-0.4, -0.2) is 14.2 Å². The third kappa shape index (κ3) is 4.30. The molecule has 0 fully saturated rings. The molecule has 0 atom stereocenters. The lowest BCUT2D eigenvalue weighted by Gasteiger charge is -2.09. The number of carbonyl (C=O) groups is 1. The summed E-state index contributed by atoms with van der Waals surface area (Å²) >= 11 is 2.12. The number of carbonyl (C=O) groups excluding carboxylic acids is 1. The molecule has 0 bridgehead atoms. The van der Waals surface area contributed by atoms with Crippen molar-refractivity contribution >= 4 is 44.1 Å². The molecule has 0 amide bonds. The molecule has 2 rings (SSSR count). The Labute approximate surface area is 144 Å². The Morgan fingerprint density at radius 1 is 1.05 bits per heavy atom. The molecule has 0 saturated heterocycles. The molecule has 0 saturated carbocycles. The van der Waals surface area contributed by atoms with Crippen molar-refractivity contribution in [3.63, 3.8) is 0 Å². The highest BCUT2D eigenvalue weighted by atomic mass is 127. The van der Waals surface area contributed by atoms with Crippen molar-refractivity contribution in [3.05, 3.63) is 57.7 Å². The fourth-order valence-corrected chi connectivity index (χ4v) is 3.34. The van der Waals surface area contributed by atoms with Gasteiger partial charge in [0.1, 0.15) is 0 Å². The summed E-state index contributed by atoms with van der Waals surface area (Å²) in [5.74, 6) is 0.0644. The van der Waals surface area contributed by atoms with Crippen LogP contribution in [0.3, 0.4) is 0 Å². The molecule has 0 heterocycles. The van der Waals surface area contributed by atoms with Gasteiger partial charge in [-0.15, -0.1) is 0 Å². The molecule has 0 radical (unpaired) electrons. The largest absolute Gasteiger partial charge is 0.294 e. The van der Waals surface area contributed by atoms with E-state index in [4.69, 9.17) is 0 Å². The molecule has 6 heteroatoms. The number of ketones is 1. The number of benzene rings is 2. The topological polar surface area (TPSA) is 63.2 Å². The SMILES string of the molecule is CCCC(=O)c1ccc(NS(=O)(=O)c2ccc(I)cc2)cc1. The highest BCUT2D eigenvalue weighted by Crippen LogP contribution is 2.18. The smallest absolute Gasteiger partial charge is 0.261 e. The average Bonchev–Trinajstić information content (AvgIpc) is 2.48. The summed E-state index contributed by atoms with van der Waals surface area (Å²) in [7, 11) is -3.61. The van der Waals surface area contributed by atoms with Crippen molar-refractivity contribution in [2.45, 2.75) is 24.7 Å². The Bertz CT molecular complexity index is 753. The van der Waals surface area contributed by atoms with E-state index in [0.717, 1.165) is 9.99 Å². The first-order valence-corrected chi connectivity index (χ1v) is 9.40. The molecule has 0 unspecified atom stereocenters. The van der Waals surface area contributed by atoms with E-state index in [0.29, 0.717) is 17.7 Å². The maximum atomic E-state index is 12.3. The van der Waals surface area contributed by atoms with E-state index in [1.807, 2.05) is 6.92 Å². The first-order valence-electron chi connectivity index (χ1n) is 6.84. The summed E-state index contributed by atoms with van der Waals surface area (Å²) in [5.41, 5.74) is 1.03. The van der Waals surface area contributed by atoms with Gasteiger partial charge in [0.25, 0.3) is 10.0 Å². The molecule has 0 aliphatic heterocycles. The monoisotopic (exact) mass is 429 g/mol. The summed E-state index contributed by atoms with van der Waals surface area (Å²) < 4.78 is 28.0. The van der Waals surface area contributed by atoms with Gasteiger partial charge < -0.3 is 0 Å². The van der Waals surface area contributed by atoms with Crippen molar-refractivity contribution < 1.29 is 13.2 Å². The molecule has 0 aliphatic rings. The number of halogens is 1. The minimum absolute atomic E-state index is 0.0644. The number of anilines is 1. The highest BCUT2D eigenvalue weighted by Gasteiger charge is 2.14. The van der Waals surface area contributed by atoms with Crippen molar-refractivity contribution in [3.8, 4) is 0 Å². The molecule has 2 aromatic rings. The molecule has 116 valence electrons. The number of Topliss-reactive ketones (excluding diaryl/α,β-unsaturated/α-hetero) is 1. The highest BCUT2D eigenvalue weighted by molar-refractivity contribution is 14.1. The molecule has 0 spiro atoms. The average molecular weight is 429 g/mol. The van der Waals surface area contributed by atoms with Gasteiger partial charge in [0.2, 0.25) is 0 Å². The molecular formula is C16H16INO3S. The molecule has 0 aromatic heterocycles. The van der Waals surface area contributed by atoms with E-state index in [-0.39, 0.29) is 10.7 Å². The van der Waals surface area contributed by atoms with Crippen molar-refractivity contribution in [1.29, 1.82) is 0 Å². The Balaban J connectivity index is 2.16. The van der Waals surface area contributed by atoms with Crippen LogP contribution >= 0.6 is 22.6 Å². The number of sulfonamides is 1. The fraction of sp³-hybridized carbons (Fsp3) is 0.188. The second-order valence-corrected chi connectivity index (χ2v) is 7.74. The second-order valence-electron chi connectivity index (χ2n) is 4.81. The molecule has 0 aliphatic carbocycles.